The van der Waals surface area contributed by atoms with E-state index in [9.17, 15) is 4.79 Å². The van der Waals surface area contributed by atoms with Crippen LogP contribution in [0.3, 0.4) is 0 Å². The Morgan fingerprint density at radius 2 is 2.00 bits per heavy atom. The van der Waals surface area contributed by atoms with Crippen molar-refractivity contribution >= 4 is 5.91 Å². The first-order valence-corrected chi connectivity index (χ1v) is 9.25. The minimum atomic E-state index is -0.0413. The molecule has 0 aromatic heterocycles. The van der Waals surface area contributed by atoms with Crippen LogP contribution >= 0.6 is 0 Å². The summed E-state index contributed by atoms with van der Waals surface area (Å²) >= 11 is 0. The summed E-state index contributed by atoms with van der Waals surface area (Å²) in [5, 5.41) is 3.08. The molecule has 0 unspecified atom stereocenters. The Bertz CT molecular complexity index is 353. The average molecular weight is 327 g/mol. The second kappa shape index (κ2) is 9.63. The fraction of sp³-hybridized carbons (Fsp3) is 0.947. The van der Waals surface area contributed by atoms with E-state index in [-0.39, 0.29) is 11.5 Å². The van der Waals surface area contributed by atoms with E-state index >= 15 is 0 Å². The Morgan fingerprint density at radius 3 is 2.57 bits per heavy atom. The molecular weight excluding hydrogens is 288 g/mol. The summed E-state index contributed by atoms with van der Waals surface area (Å²) in [5.74, 6) is 2.00. The molecule has 0 aromatic carbocycles. The van der Waals surface area contributed by atoms with Gasteiger partial charge in [-0.2, -0.15) is 0 Å². The van der Waals surface area contributed by atoms with Crippen molar-refractivity contribution in [2.24, 2.45) is 17.8 Å². The van der Waals surface area contributed by atoms with E-state index in [1.807, 2.05) is 14.1 Å². The standard InChI is InChI=1S/C19H38N2O2/c1-15(2)7-8-16(13-18(22)20-10-11-21(5)6)17-9-12-23-19(3,4)14-17/h15-17H,7-14H2,1-6H3,(H,20,22)/t16-,17+/m0/s1. The molecule has 1 heterocycles. The number of carbonyl (C=O) groups excluding carboxylic acids is 1. The first kappa shape index (κ1) is 20.4. The molecule has 1 aliphatic heterocycles. The molecule has 1 rings (SSSR count). The Kier molecular flexibility index (Phi) is 8.56. The van der Waals surface area contributed by atoms with Crippen LogP contribution in [0.5, 0.6) is 0 Å². The second-order valence-corrected chi connectivity index (χ2v) is 8.45. The Morgan fingerprint density at radius 1 is 1.30 bits per heavy atom. The van der Waals surface area contributed by atoms with Gasteiger partial charge in [0.1, 0.15) is 0 Å². The second-order valence-electron chi connectivity index (χ2n) is 8.45. The zero-order valence-corrected chi connectivity index (χ0v) is 16.2. The van der Waals surface area contributed by atoms with Crippen LogP contribution in [0, 0.1) is 17.8 Å². The minimum absolute atomic E-state index is 0.0413. The highest BCUT2D eigenvalue weighted by Gasteiger charge is 2.34. The van der Waals surface area contributed by atoms with Gasteiger partial charge in [0, 0.05) is 26.1 Å². The van der Waals surface area contributed by atoms with Crippen molar-refractivity contribution in [3.63, 3.8) is 0 Å². The molecule has 1 aliphatic rings. The lowest BCUT2D eigenvalue weighted by atomic mass is 9.75. The van der Waals surface area contributed by atoms with Gasteiger partial charge < -0.3 is 15.0 Å². The molecule has 1 fully saturated rings. The van der Waals surface area contributed by atoms with Crippen LogP contribution < -0.4 is 5.32 Å². The monoisotopic (exact) mass is 326 g/mol. The van der Waals surface area contributed by atoms with E-state index in [0.29, 0.717) is 24.2 Å². The topological polar surface area (TPSA) is 41.6 Å². The number of ether oxygens (including phenoxy) is 1. The van der Waals surface area contributed by atoms with Gasteiger partial charge >= 0.3 is 0 Å². The van der Waals surface area contributed by atoms with Gasteiger partial charge in [0.25, 0.3) is 0 Å². The predicted molar refractivity (Wildman–Crippen MR) is 96.5 cm³/mol. The number of hydrogen-bond acceptors (Lipinski definition) is 3. The summed E-state index contributed by atoms with van der Waals surface area (Å²) in [6.07, 6.45) is 5.19. The fourth-order valence-corrected chi connectivity index (χ4v) is 3.46. The van der Waals surface area contributed by atoms with Crippen molar-refractivity contribution in [2.75, 3.05) is 33.8 Å². The third-order valence-corrected chi connectivity index (χ3v) is 4.85. The zero-order chi connectivity index (χ0) is 17.5. The SMILES string of the molecule is CC(C)CC[C@@H](CC(=O)NCCN(C)C)[C@@H]1CCOC(C)(C)C1. The lowest BCUT2D eigenvalue weighted by molar-refractivity contribution is -0.124. The van der Waals surface area contributed by atoms with Gasteiger partial charge in [0.2, 0.25) is 5.91 Å². The molecule has 0 saturated carbocycles. The third kappa shape index (κ3) is 8.71. The molecule has 0 radical (unpaired) electrons. The third-order valence-electron chi connectivity index (χ3n) is 4.85. The van der Waals surface area contributed by atoms with Gasteiger partial charge in [0.05, 0.1) is 5.60 Å². The number of nitrogens with one attached hydrogen (secondary N) is 1. The molecule has 0 bridgehead atoms. The van der Waals surface area contributed by atoms with Crippen molar-refractivity contribution in [1.29, 1.82) is 0 Å². The van der Waals surface area contributed by atoms with Crippen molar-refractivity contribution in [3.8, 4) is 0 Å². The van der Waals surface area contributed by atoms with Gasteiger partial charge in [-0.15, -0.1) is 0 Å². The molecule has 2 atom stereocenters. The maximum Gasteiger partial charge on any atom is 0.220 e. The maximum atomic E-state index is 12.3. The molecule has 1 N–H and O–H groups in total. The number of likely N-dealkylation sites (N-methyl/N-ethyl adjacent to an activating group) is 1. The van der Waals surface area contributed by atoms with E-state index in [2.05, 4.69) is 37.9 Å². The number of rotatable bonds is 9. The molecule has 23 heavy (non-hydrogen) atoms. The van der Waals surface area contributed by atoms with Crippen LogP contribution in [-0.2, 0) is 9.53 Å². The Hall–Kier alpha value is -0.610. The highest BCUT2D eigenvalue weighted by Crippen LogP contribution is 2.37. The quantitative estimate of drug-likeness (QED) is 0.707. The van der Waals surface area contributed by atoms with Gasteiger partial charge in [-0.25, -0.2) is 0 Å². The molecule has 1 amide bonds. The molecule has 1 saturated heterocycles. The molecule has 4 nitrogen and oxygen atoms in total. The van der Waals surface area contributed by atoms with Crippen molar-refractivity contribution in [1.82, 2.24) is 10.2 Å². The van der Waals surface area contributed by atoms with E-state index < -0.39 is 0 Å². The number of carbonyl (C=O) groups is 1. The highest BCUT2D eigenvalue weighted by atomic mass is 16.5. The summed E-state index contributed by atoms with van der Waals surface area (Å²) in [5.41, 5.74) is -0.0413. The lowest BCUT2D eigenvalue weighted by Crippen LogP contribution is -2.39. The average Bonchev–Trinajstić information content (AvgIpc) is 2.41. The highest BCUT2D eigenvalue weighted by molar-refractivity contribution is 5.76. The predicted octanol–water partition coefficient (Wildman–Crippen LogP) is 3.31. The lowest BCUT2D eigenvalue weighted by Gasteiger charge is -2.39. The van der Waals surface area contributed by atoms with Crippen LogP contribution in [0.15, 0.2) is 0 Å². The van der Waals surface area contributed by atoms with Gasteiger partial charge in [-0.3, -0.25) is 4.79 Å². The first-order chi connectivity index (χ1) is 10.7. The first-order valence-electron chi connectivity index (χ1n) is 9.25. The van der Waals surface area contributed by atoms with E-state index in [1.54, 1.807) is 0 Å². The van der Waals surface area contributed by atoms with Crippen molar-refractivity contribution in [2.45, 2.75) is 65.4 Å². The zero-order valence-electron chi connectivity index (χ0n) is 16.2. The normalized spacial score (nSPS) is 22.3. The summed E-state index contributed by atoms with van der Waals surface area (Å²) < 4.78 is 5.86. The molecule has 4 heteroatoms. The van der Waals surface area contributed by atoms with E-state index in [4.69, 9.17) is 4.74 Å². The fourth-order valence-electron chi connectivity index (χ4n) is 3.46. The molecular formula is C19H38N2O2. The molecule has 0 aromatic rings. The number of hydrogen-bond donors (Lipinski definition) is 1. The molecule has 136 valence electrons. The minimum Gasteiger partial charge on any atom is -0.376 e. The van der Waals surface area contributed by atoms with E-state index in [1.165, 1.54) is 6.42 Å². The summed E-state index contributed by atoms with van der Waals surface area (Å²) in [4.78, 5) is 14.4. The van der Waals surface area contributed by atoms with Crippen LogP contribution in [-0.4, -0.2) is 50.2 Å². The van der Waals surface area contributed by atoms with Crippen molar-refractivity contribution in [3.05, 3.63) is 0 Å². The van der Waals surface area contributed by atoms with Gasteiger partial charge in [-0.1, -0.05) is 20.3 Å². The number of amides is 1. The summed E-state index contributed by atoms with van der Waals surface area (Å²) in [6, 6.07) is 0. The summed E-state index contributed by atoms with van der Waals surface area (Å²) in [7, 11) is 4.06. The molecule has 0 spiro atoms. The van der Waals surface area contributed by atoms with Crippen LogP contribution in [0.2, 0.25) is 0 Å². The van der Waals surface area contributed by atoms with Crippen LogP contribution in [0.1, 0.15) is 59.8 Å². The smallest absolute Gasteiger partial charge is 0.220 e. The van der Waals surface area contributed by atoms with Crippen LogP contribution in [0.25, 0.3) is 0 Å². The maximum absolute atomic E-state index is 12.3. The largest absolute Gasteiger partial charge is 0.376 e. The molecule has 0 aliphatic carbocycles. The number of nitrogens with zero attached hydrogens (tertiary/aromatic N) is 1. The van der Waals surface area contributed by atoms with Crippen LogP contribution in [0.4, 0.5) is 0 Å². The van der Waals surface area contributed by atoms with Gasteiger partial charge in [0.15, 0.2) is 0 Å². The van der Waals surface area contributed by atoms with E-state index in [0.717, 1.165) is 39.0 Å². The van der Waals surface area contributed by atoms with Gasteiger partial charge in [-0.05, 0) is 65.0 Å². The Balaban J connectivity index is 2.55. The summed E-state index contributed by atoms with van der Waals surface area (Å²) in [6.45, 7) is 11.3. The van der Waals surface area contributed by atoms with Crippen molar-refractivity contribution < 1.29 is 9.53 Å². The Labute approximate surface area is 143 Å².